The summed E-state index contributed by atoms with van der Waals surface area (Å²) in [5, 5.41) is 8.44. The van der Waals surface area contributed by atoms with Gasteiger partial charge in [-0.05, 0) is 43.9 Å². The van der Waals surface area contributed by atoms with E-state index in [9.17, 15) is 4.39 Å². The van der Waals surface area contributed by atoms with Crippen molar-refractivity contribution in [1.82, 2.24) is 40.0 Å². The second-order valence-corrected chi connectivity index (χ2v) is 10.0. The van der Waals surface area contributed by atoms with Gasteiger partial charge < -0.3 is 19.5 Å². The smallest absolute Gasteiger partial charge is 0.159 e. The topological polar surface area (TPSA) is 112 Å². The minimum atomic E-state index is -0.392. The van der Waals surface area contributed by atoms with Crippen LogP contribution in [0.15, 0.2) is 61.3 Å². The Labute approximate surface area is 229 Å². The number of nitrogens with one attached hydrogen (secondary N) is 2. The molecule has 0 aliphatic heterocycles. The molecule has 2 N–H and O–H groups in total. The summed E-state index contributed by atoms with van der Waals surface area (Å²) in [5.41, 5.74) is 6.74. The molecule has 5 heterocycles. The van der Waals surface area contributed by atoms with Crippen LogP contribution in [0.1, 0.15) is 0 Å². The molecule has 5 aromatic heterocycles. The number of anilines is 1. The first-order chi connectivity index (χ1) is 19.4. The van der Waals surface area contributed by atoms with Gasteiger partial charge in [-0.1, -0.05) is 0 Å². The molecule has 1 aromatic carbocycles. The van der Waals surface area contributed by atoms with Crippen molar-refractivity contribution in [2.45, 2.75) is 0 Å². The van der Waals surface area contributed by atoms with Crippen LogP contribution in [0.25, 0.3) is 55.8 Å². The summed E-state index contributed by atoms with van der Waals surface area (Å²) >= 11 is 0. The number of hydrogen-bond acceptors (Lipinski definition) is 8. The minimum Gasteiger partial charge on any atom is -0.492 e. The molecule has 6 rings (SSSR count). The molecule has 0 radical (unpaired) electrons. The van der Waals surface area contributed by atoms with Gasteiger partial charge in [-0.25, -0.2) is 9.37 Å². The summed E-state index contributed by atoms with van der Waals surface area (Å²) < 4.78 is 20.4. The number of imidazole rings is 1. The molecular formula is C29H28FN9O. The molecule has 0 aliphatic carbocycles. The average Bonchev–Trinajstić information content (AvgIpc) is 3.56. The normalized spacial score (nSPS) is 11.6. The van der Waals surface area contributed by atoms with Gasteiger partial charge in [-0.15, -0.1) is 0 Å². The van der Waals surface area contributed by atoms with Gasteiger partial charge in [0.15, 0.2) is 5.82 Å². The summed E-state index contributed by atoms with van der Waals surface area (Å²) in [7, 11) is 7.86. The third kappa shape index (κ3) is 4.94. The lowest BCUT2D eigenvalue weighted by Crippen LogP contribution is -2.19. The Morgan fingerprint density at radius 1 is 0.875 bits per heavy atom. The van der Waals surface area contributed by atoms with E-state index >= 15 is 0 Å². The second kappa shape index (κ2) is 10.3. The number of aromatic amines is 2. The summed E-state index contributed by atoms with van der Waals surface area (Å²) in [5.74, 6) is 0.624. The molecule has 0 amide bonds. The van der Waals surface area contributed by atoms with Gasteiger partial charge >= 0.3 is 0 Å². The molecule has 0 saturated heterocycles. The lowest BCUT2D eigenvalue weighted by molar-refractivity contribution is 0.260. The van der Waals surface area contributed by atoms with Gasteiger partial charge in [-0.3, -0.25) is 20.1 Å². The number of halogens is 1. The predicted octanol–water partition coefficient (Wildman–Crippen LogP) is 4.77. The van der Waals surface area contributed by atoms with Gasteiger partial charge in [-0.2, -0.15) is 5.10 Å². The first kappa shape index (κ1) is 25.4. The molecular weight excluding hydrogens is 509 g/mol. The quantitative estimate of drug-likeness (QED) is 0.286. The fourth-order valence-electron chi connectivity index (χ4n) is 4.47. The molecule has 0 unspecified atom stereocenters. The maximum atomic E-state index is 14.6. The van der Waals surface area contributed by atoms with Crippen LogP contribution in [0.3, 0.4) is 0 Å². The number of hydrogen-bond donors (Lipinski definition) is 2. The van der Waals surface area contributed by atoms with Crippen molar-refractivity contribution < 1.29 is 9.13 Å². The summed E-state index contributed by atoms with van der Waals surface area (Å²) in [6, 6.07) is 8.66. The SMILES string of the molecule is CN(C)CCOc1cc(F)cc(-c2cncc3[nH]c(-c4n[nH]c5cnc(-c6cncc(N(C)C)c6)cc45)nc23)c1. The van der Waals surface area contributed by atoms with Crippen molar-refractivity contribution in [3.63, 3.8) is 0 Å². The first-order valence-electron chi connectivity index (χ1n) is 12.7. The average molecular weight is 538 g/mol. The van der Waals surface area contributed by atoms with Crippen molar-refractivity contribution >= 4 is 27.6 Å². The Balaban J connectivity index is 1.39. The zero-order valence-corrected chi connectivity index (χ0v) is 22.6. The number of H-pyrrole nitrogens is 2. The predicted molar refractivity (Wildman–Crippen MR) is 154 cm³/mol. The van der Waals surface area contributed by atoms with E-state index in [2.05, 4.69) is 30.1 Å². The zero-order chi connectivity index (χ0) is 27.8. The van der Waals surface area contributed by atoms with Crippen molar-refractivity contribution in [3.8, 4) is 39.7 Å². The van der Waals surface area contributed by atoms with Gasteiger partial charge in [0.25, 0.3) is 0 Å². The van der Waals surface area contributed by atoms with Gasteiger partial charge in [0.05, 0.1) is 46.5 Å². The summed E-state index contributed by atoms with van der Waals surface area (Å²) in [4.78, 5) is 25.6. The molecule has 40 heavy (non-hydrogen) atoms. The molecule has 202 valence electrons. The third-order valence-electron chi connectivity index (χ3n) is 6.59. The molecule has 0 aliphatic rings. The highest BCUT2D eigenvalue weighted by molar-refractivity contribution is 5.97. The zero-order valence-electron chi connectivity index (χ0n) is 22.6. The Bertz CT molecular complexity index is 1830. The van der Waals surface area contributed by atoms with E-state index in [1.807, 2.05) is 56.3 Å². The Hall–Kier alpha value is -4.90. The van der Waals surface area contributed by atoms with E-state index in [0.717, 1.165) is 34.4 Å². The number of likely N-dealkylation sites (N-methyl/N-ethyl adjacent to an activating group) is 1. The lowest BCUT2D eigenvalue weighted by atomic mass is 10.1. The van der Waals surface area contributed by atoms with Crippen molar-refractivity contribution in [2.75, 3.05) is 46.2 Å². The second-order valence-electron chi connectivity index (χ2n) is 10.0. The Morgan fingerprint density at radius 2 is 1.73 bits per heavy atom. The maximum Gasteiger partial charge on any atom is 0.159 e. The molecule has 0 atom stereocenters. The standard InChI is InChI=1S/C29H28FN9O/c1-38(2)5-6-40-21-9-17(7-19(30)10-21)23-14-32-15-26-27(23)35-29(34-26)28-22-11-24(33-16-25(22)36-37-28)18-8-20(39(3)4)13-31-12-18/h7-16H,5-6H2,1-4H3,(H,34,35)(H,36,37). The number of fused-ring (bicyclic) bond motifs is 2. The number of pyridine rings is 3. The molecule has 0 saturated carbocycles. The molecule has 10 nitrogen and oxygen atoms in total. The highest BCUT2D eigenvalue weighted by Gasteiger charge is 2.17. The number of rotatable bonds is 8. The van der Waals surface area contributed by atoms with Crippen LogP contribution in [-0.2, 0) is 0 Å². The van der Waals surface area contributed by atoms with Crippen molar-refractivity contribution in [3.05, 3.63) is 67.1 Å². The number of benzene rings is 1. The number of ether oxygens (including phenoxy) is 1. The van der Waals surface area contributed by atoms with Crippen LogP contribution in [0.2, 0.25) is 0 Å². The Morgan fingerprint density at radius 3 is 2.55 bits per heavy atom. The van der Waals surface area contributed by atoms with E-state index < -0.39 is 5.82 Å². The highest BCUT2D eigenvalue weighted by atomic mass is 19.1. The molecule has 0 fully saturated rings. The van der Waals surface area contributed by atoms with Crippen molar-refractivity contribution in [2.24, 2.45) is 0 Å². The van der Waals surface area contributed by atoms with Crippen LogP contribution in [0.4, 0.5) is 10.1 Å². The maximum absolute atomic E-state index is 14.6. The van der Waals surface area contributed by atoms with Crippen LogP contribution in [0.5, 0.6) is 5.75 Å². The largest absolute Gasteiger partial charge is 0.492 e. The molecule has 0 bridgehead atoms. The first-order valence-corrected chi connectivity index (χ1v) is 12.7. The lowest BCUT2D eigenvalue weighted by Gasteiger charge is -2.12. The van der Waals surface area contributed by atoms with E-state index in [0.29, 0.717) is 46.0 Å². The van der Waals surface area contributed by atoms with Crippen molar-refractivity contribution in [1.29, 1.82) is 0 Å². The van der Waals surface area contributed by atoms with Crippen LogP contribution in [-0.4, -0.2) is 81.4 Å². The van der Waals surface area contributed by atoms with Crippen LogP contribution >= 0.6 is 0 Å². The van der Waals surface area contributed by atoms with Gasteiger partial charge in [0.1, 0.15) is 23.9 Å². The fourth-order valence-corrected chi connectivity index (χ4v) is 4.47. The minimum absolute atomic E-state index is 0.392. The number of nitrogens with zero attached hydrogens (tertiary/aromatic N) is 7. The van der Waals surface area contributed by atoms with Gasteiger partial charge in [0, 0.05) is 55.6 Å². The molecule has 11 heteroatoms. The van der Waals surface area contributed by atoms with Crippen LogP contribution < -0.4 is 9.64 Å². The van der Waals surface area contributed by atoms with Gasteiger partial charge in [0.2, 0.25) is 0 Å². The third-order valence-corrected chi connectivity index (χ3v) is 6.59. The highest BCUT2D eigenvalue weighted by Crippen LogP contribution is 2.34. The summed E-state index contributed by atoms with van der Waals surface area (Å²) in [6.07, 6.45) is 8.73. The monoisotopic (exact) mass is 537 g/mol. The van der Waals surface area contributed by atoms with E-state index in [4.69, 9.17) is 9.72 Å². The summed E-state index contributed by atoms with van der Waals surface area (Å²) in [6.45, 7) is 1.17. The molecule has 6 aromatic rings. The van der Waals surface area contributed by atoms with Crippen LogP contribution in [0, 0.1) is 5.82 Å². The van der Waals surface area contributed by atoms with E-state index in [-0.39, 0.29) is 0 Å². The fraction of sp³-hybridized carbons (Fsp3) is 0.207. The Kier molecular flexibility index (Phi) is 6.56. The van der Waals surface area contributed by atoms with E-state index in [1.54, 1.807) is 30.9 Å². The van der Waals surface area contributed by atoms with E-state index in [1.165, 1.54) is 12.1 Å². The molecule has 0 spiro atoms. The number of aromatic nitrogens is 7.